The third-order valence-corrected chi connectivity index (χ3v) is 5.66. The largest absolute Gasteiger partial charge is 0.468 e. The molecule has 7 nitrogen and oxygen atoms in total. The van der Waals surface area contributed by atoms with Crippen LogP contribution in [0.15, 0.2) is 52.2 Å². The molecule has 1 aliphatic rings. The van der Waals surface area contributed by atoms with Crippen LogP contribution in [0.1, 0.15) is 49.4 Å². The fraction of sp³-hybridized carbons (Fsp3) is 0.478. The summed E-state index contributed by atoms with van der Waals surface area (Å²) in [7, 11) is 0. The van der Waals surface area contributed by atoms with E-state index < -0.39 is 0 Å². The average Bonchev–Trinajstić information content (AvgIpc) is 3.43. The van der Waals surface area contributed by atoms with E-state index in [1.165, 1.54) is 25.0 Å². The highest BCUT2D eigenvalue weighted by molar-refractivity contribution is 5.79. The monoisotopic (exact) mass is 408 g/mol. The van der Waals surface area contributed by atoms with Gasteiger partial charge in [-0.2, -0.15) is 0 Å². The van der Waals surface area contributed by atoms with Crippen LogP contribution >= 0.6 is 0 Å². The number of imidazole rings is 1. The summed E-state index contributed by atoms with van der Waals surface area (Å²) in [4.78, 5) is 12.0. The van der Waals surface area contributed by atoms with Gasteiger partial charge in [0.25, 0.3) is 0 Å². The number of hydrogen-bond acceptors (Lipinski definition) is 4. The zero-order valence-electron chi connectivity index (χ0n) is 18.0. The van der Waals surface area contributed by atoms with Crippen LogP contribution in [0.3, 0.4) is 0 Å². The van der Waals surface area contributed by atoms with E-state index in [1.807, 2.05) is 18.2 Å². The van der Waals surface area contributed by atoms with E-state index in [9.17, 15) is 0 Å². The lowest BCUT2D eigenvalue weighted by Gasteiger charge is -2.33. The number of fused-ring (bicyclic) bond motifs is 1. The molecule has 3 aromatic rings. The summed E-state index contributed by atoms with van der Waals surface area (Å²) in [5.74, 6) is 1.82. The van der Waals surface area contributed by atoms with Crippen molar-refractivity contribution in [2.75, 3.05) is 26.2 Å². The second kappa shape index (κ2) is 9.80. The molecule has 7 heteroatoms. The molecule has 4 rings (SSSR count). The first kappa shape index (κ1) is 20.5. The molecule has 0 aliphatic carbocycles. The molecule has 0 amide bonds. The Morgan fingerprint density at radius 2 is 2.03 bits per heavy atom. The number of piperidine rings is 1. The fourth-order valence-corrected chi connectivity index (χ4v) is 4.09. The van der Waals surface area contributed by atoms with Gasteiger partial charge in [0.05, 0.1) is 24.5 Å². The van der Waals surface area contributed by atoms with Gasteiger partial charge in [-0.05, 0) is 64.0 Å². The summed E-state index contributed by atoms with van der Waals surface area (Å²) < 4.78 is 7.87. The minimum absolute atomic E-state index is 0.210. The molecule has 1 saturated heterocycles. The van der Waals surface area contributed by atoms with E-state index in [1.54, 1.807) is 6.26 Å². The van der Waals surface area contributed by atoms with Crippen molar-refractivity contribution in [3.8, 4) is 0 Å². The molecule has 3 aromatic heterocycles. The number of aliphatic imine (C=N–C) groups is 1. The zero-order chi connectivity index (χ0) is 20.8. The first-order valence-electron chi connectivity index (χ1n) is 11.0. The molecule has 1 unspecified atom stereocenters. The van der Waals surface area contributed by atoms with Crippen molar-refractivity contribution in [1.29, 1.82) is 0 Å². The van der Waals surface area contributed by atoms with Gasteiger partial charge in [-0.15, -0.1) is 0 Å². The Bertz CT molecular complexity index is 955. The molecular weight excluding hydrogens is 376 g/mol. The van der Waals surface area contributed by atoms with Crippen molar-refractivity contribution in [2.45, 2.75) is 45.7 Å². The number of aryl methyl sites for hydroxylation is 1. The average molecular weight is 409 g/mol. The van der Waals surface area contributed by atoms with Crippen molar-refractivity contribution >= 4 is 11.6 Å². The molecule has 160 valence electrons. The number of hydrogen-bond donors (Lipinski definition) is 2. The number of pyridine rings is 1. The predicted octanol–water partition coefficient (Wildman–Crippen LogP) is 3.52. The van der Waals surface area contributed by atoms with E-state index in [-0.39, 0.29) is 6.04 Å². The minimum Gasteiger partial charge on any atom is -0.468 e. The Morgan fingerprint density at radius 1 is 1.17 bits per heavy atom. The van der Waals surface area contributed by atoms with Crippen molar-refractivity contribution in [1.82, 2.24) is 24.9 Å². The summed E-state index contributed by atoms with van der Waals surface area (Å²) >= 11 is 0. The second-order valence-corrected chi connectivity index (χ2v) is 7.83. The number of guanidine groups is 1. The molecule has 4 heterocycles. The molecule has 0 aromatic carbocycles. The van der Waals surface area contributed by atoms with Crippen molar-refractivity contribution in [3.05, 3.63) is 59.9 Å². The first-order valence-corrected chi connectivity index (χ1v) is 11.0. The third-order valence-electron chi connectivity index (χ3n) is 5.66. The molecular formula is C23H32N6O. The highest BCUT2D eigenvalue weighted by atomic mass is 16.3. The van der Waals surface area contributed by atoms with E-state index in [4.69, 9.17) is 14.4 Å². The van der Waals surface area contributed by atoms with Crippen LogP contribution in [0, 0.1) is 6.92 Å². The third kappa shape index (κ3) is 4.84. The summed E-state index contributed by atoms with van der Waals surface area (Å²) in [5.41, 5.74) is 3.09. The maximum Gasteiger partial charge on any atom is 0.191 e. The highest BCUT2D eigenvalue weighted by Crippen LogP contribution is 2.24. The lowest BCUT2D eigenvalue weighted by molar-refractivity contribution is 0.146. The summed E-state index contributed by atoms with van der Waals surface area (Å²) in [6, 6.07) is 10.4. The summed E-state index contributed by atoms with van der Waals surface area (Å²) in [5, 5.41) is 6.88. The van der Waals surface area contributed by atoms with Gasteiger partial charge >= 0.3 is 0 Å². The van der Waals surface area contributed by atoms with Gasteiger partial charge in [-0.3, -0.25) is 4.90 Å². The smallest absolute Gasteiger partial charge is 0.191 e. The van der Waals surface area contributed by atoms with Gasteiger partial charge in [0.1, 0.15) is 11.4 Å². The molecule has 0 bridgehead atoms. The molecule has 1 aliphatic heterocycles. The molecule has 0 radical (unpaired) electrons. The predicted molar refractivity (Wildman–Crippen MR) is 120 cm³/mol. The zero-order valence-corrected chi connectivity index (χ0v) is 18.0. The van der Waals surface area contributed by atoms with Crippen LogP contribution in [0.2, 0.25) is 0 Å². The van der Waals surface area contributed by atoms with Crippen LogP contribution in [0.25, 0.3) is 5.65 Å². The number of aromatic nitrogens is 2. The molecule has 2 N–H and O–H groups in total. The Labute approximate surface area is 178 Å². The number of nitrogens with one attached hydrogen (secondary N) is 2. The quantitative estimate of drug-likeness (QED) is 0.462. The van der Waals surface area contributed by atoms with E-state index >= 15 is 0 Å². The van der Waals surface area contributed by atoms with Gasteiger partial charge in [0.2, 0.25) is 0 Å². The standard InChI is InChI=1S/C23H32N6O/c1-3-24-23(25-15-19-17-29-18(2)9-7-11-22(29)27-19)26-16-20(21-10-8-14-30-21)28-12-5-4-6-13-28/h7-11,14,17,20H,3-6,12-13,15-16H2,1-2H3,(H2,24,25,26). The van der Waals surface area contributed by atoms with Gasteiger partial charge in [0, 0.05) is 25.0 Å². The maximum atomic E-state index is 5.76. The van der Waals surface area contributed by atoms with Crippen LogP contribution in [0.4, 0.5) is 0 Å². The molecule has 0 spiro atoms. The summed E-state index contributed by atoms with van der Waals surface area (Å²) in [6.07, 6.45) is 7.64. The number of rotatable bonds is 7. The van der Waals surface area contributed by atoms with Crippen LogP contribution < -0.4 is 10.6 Å². The van der Waals surface area contributed by atoms with Gasteiger partial charge in [-0.25, -0.2) is 9.98 Å². The van der Waals surface area contributed by atoms with Gasteiger partial charge in [-0.1, -0.05) is 12.5 Å². The van der Waals surface area contributed by atoms with Crippen molar-refractivity contribution < 1.29 is 4.42 Å². The fourth-order valence-electron chi connectivity index (χ4n) is 4.09. The number of nitrogens with zero attached hydrogens (tertiary/aromatic N) is 4. The maximum absolute atomic E-state index is 5.76. The molecule has 30 heavy (non-hydrogen) atoms. The Morgan fingerprint density at radius 3 is 2.77 bits per heavy atom. The van der Waals surface area contributed by atoms with Gasteiger partial charge < -0.3 is 19.5 Å². The van der Waals surface area contributed by atoms with E-state index in [2.05, 4.69) is 52.1 Å². The normalized spacial score (nSPS) is 16.7. The Kier molecular flexibility index (Phi) is 6.69. The highest BCUT2D eigenvalue weighted by Gasteiger charge is 2.24. The van der Waals surface area contributed by atoms with Crippen LogP contribution in [-0.2, 0) is 6.54 Å². The van der Waals surface area contributed by atoms with E-state index in [0.29, 0.717) is 6.54 Å². The lowest BCUT2D eigenvalue weighted by Crippen LogP contribution is -2.44. The Hall–Kier alpha value is -2.80. The van der Waals surface area contributed by atoms with Gasteiger partial charge in [0.15, 0.2) is 5.96 Å². The molecule has 1 atom stereocenters. The van der Waals surface area contributed by atoms with Crippen molar-refractivity contribution in [2.24, 2.45) is 4.99 Å². The van der Waals surface area contributed by atoms with Crippen LogP contribution in [0.5, 0.6) is 0 Å². The Balaban J connectivity index is 1.45. The van der Waals surface area contributed by atoms with Crippen molar-refractivity contribution in [3.63, 3.8) is 0 Å². The number of furan rings is 1. The minimum atomic E-state index is 0.210. The molecule has 0 saturated carbocycles. The lowest BCUT2D eigenvalue weighted by atomic mass is 10.1. The van der Waals surface area contributed by atoms with Crippen LogP contribution in [-0.4, -0.2) is 46.4 Å². The second-order valence-electron chi connectivity index (χ2n) is 7.83. The molecule has 1 fully saturated rings. The first-order chi connectivity index (χ1) is 14.7. The summed E-state index contributed by atoms with van der Waals surface area (Å²) in [6.45, 7) is 8.49. The topological polar surface area (TPSA) is 70.1 Å². The van der Waals surface area contributed by atoms with E-state index in [0.717, 1.165) is 49.2 Å². The number of likely N-dealkylation sites (tertiary alicyclic amines) is 1. The SMILES string of the molecule is CCNC(=NCc1cn2c(C)cccc2n1)NCC(c1ccco1)N1CCCCC1.